The van der Waals surface area contributed by atoms with Crippen molar-refractivity contribution in [2.24, 2.45) is 0 Å². The summed E-state index contributed by atoms with van der Waals surface area (Å²) in [6, 6.07) is 4.38. The highest BCUT2D eigenvalue weighted by molar-refractivity contribution is 6.32. The molecule has 0 fully saturated rings. The van der Waals surface area contributed by atoms with Crippen LogP contribution in [0.3, 0.4) is 0 Å². The maximum atomic E-state index is 11.8. The normalized spacial score (nSPS) is 10.2. The number of phenolic OH excluding ortho intramolecular Hbond substituents is 1. The molecule has 0 saturated carbocycles. The molecule has 0 radical (unpaired) electrons. The second kappa shape index (κ2) is 5.72. The Labute approximate surface area is 99.4 Å². The predicted molar refractivity (Wildman–Crippen MR) is 62.0 cm³/mol. The zero-order chi connectivity index (χ0) is 12.1. The van der Waals surface area contributed by atoms with Gasteiger partial charge in [-0.1, -0.05) is 11.6 Å². The number of halogens is 1. The van der Waals surface area contributed by atoms with Crippen molar-refractivity contribution in [3.05, 3.63) is 28.8 Å². The first-order valence-electron chi connectivity index (χ1n) is 4.79. The highest BCUT2D eigenvalue weighted by Gasteiger charge is 2.12. The summed E-state index contributed by atoms with van der Waals surface area (Å²) in [5.41, 5.74) is 0.446. The van der Waals surface area contributed by atoms with Crippen LogP contribution in [0.1, 0.15) is 10.4 Å². The third kappa shape index (κ3) is 3.12. The van der Waals surface area contributed by atoms with Gasteiger partial charge < -0.3 is 14.7 Å². The average Bonchev–Trinajstić information content (AvgIpc) is 2.28. The quantitative estimate of drug-likeness (QED) is 0.877. The van der Waals surface area contributed by atoms with Gasteiger partial charge in [-0.25, -0.2) is 0 Å². The maximum absolute atomic E-state index is 11.8. The minimum Gasteiger partial charge on any atom is -0.506 e. The van der Waals surface area contributed by atoms with Crippen molar-refractivity contribution < 1.29 is 14.6 Å². The number of benzene rings is 1. The molecule has 0 aliphatic carbocycles. The van der Waals surface area contributed by atoms with Crippen molar-refractivity contribution in [1.29, 1.82) is 0 Å². The van der Waals surface area contributed by atoms with E-state index in [-0.39, 0.29) is 16.7 Å². The van der Waals surface area contributed by atoms with Crippen molar-refractivity contribution in [2.45, 2.75) is 0 Å². The van der Waals surface area contributed by atoms with Crippen molar-refractivity contribution >= 4 is 17.5 Å². The minimum absolute atomic E-state index is 0.0299. The summed E-state index contributed by atoms with van der Waals surface area (Å²) < 4.78 is 4.88. The first-order chi connectivity index (χ1) is 7.56. The Morgan fingerprint density at radius 3 is 2.81 bits per heavy atom. The minimum atomic E-state index is -0.154. The molecule has 88 valence electrons. The van der Waals surface area contributed by atoms with E-state index in [9.17, 15) is 9.90 Å². The average molecular weight is 244 g/mol. The summed E-state index contributed by atoms with van der Waals surface area (Å²) in [5, 5.41) is 9.40. The van der Waals surface area contributed by atoms with Crippen molar-refractivity contribution in [1.82, 2.24) is 4.90 Å². The van der Waals surface area contributed by atoms with Gasteiger partial charge >= 0.3 is 0 Å². The second-order valence-corrected chi connectivity index (χ2v) is 3.79. The van der Waals surface area contributed by atoms with Crippen LogP contribution in [0.25, 0.3) is 0 Å². The number of amides is 1. The molecule has 0 bridgehead atoms. The highest BCUT2D eigenvalue weighted by atomic mass is 35.5. The van der Waals surface area contributed by atoms with Gasteiger partial charge in [0.15, 0.2) is 0 Å². The molecule has 0 aliphatic heterocycles. The Bertz CT molecular complexity index is 381. The number of carbonyl (C=O) groups excluding carboxylic acids is 1. The summed E-state index contributed by atoms with van der Waals surface area (Å²) in [5.74, 6) is -0.184. The van der Waals surface area contributed by atoms with Crippen LogP contribution in [0.4, 0.5) is 0 Å². The molecule has 16 heavy (non-hydrogen) atoms. The van der Waals surface area contributed by atoms with Crippen LogP contribution >= 0.6 is 11.6 Å². The Hall–Kier alpha value is -1.26. The van der Waals surface area contributed by atoms with E-state index in [4.69, 9.17) is 16.3 Å². The molecule has 1 amide bonds. The van der Waals surface area contributed by atoms with E-state index < -0.39 is 0 Å². The van der Waals surface area contributed by atoms with Gasteiger partial charge in [-0.2, -0.15) is 0 Å². The van der Waals surface area contributed by atoms with Gasteiger partial charge in [0.1, 0.15) is 5.75 Å². The van der Waals surface area contributed by atoms with E-state index in [2.05, 4.69) is 0 Å². The highest BCUT2D eigenvalue weighted by Crippen LogP contribution is 2.24. The van der Waals surface area contributed by atoms with Gasteiger partial charge in [0, 0.05) is 26.3 Å². The Balaban J connectivity index is 2.76. The molecule has 4 nitrogen and oxygen atoms in total. The topological polar surface area (TPSA) is 49.8 Å². The lowest BCUT2D eigenvalue weighted by Gasteiger charge is -2.16. The molecule has 1 rings (SSSR count). The van der Waals surface area contributed by atoms with Crippen LogP contribution in [0.15, 0.2) is 18.2 Å². The molecule has 1 aromatic rings. The molecule has 1 aromatic carbocycles. The number of phenols is 1. The van der Waals surface area contributed by atoms with E-state index in [1.165, 1.54) is 23.1 Å². The van der Waals surface area contributed by atoms with Gasteiger partial charge in [0.2, 0.25) is 0 Å². The Kier molecular flexibility index (Phi) is 4.58. The van der Waals surface area contributed by atoms with Crippen molar-refractivity contribution in [3.8, 4) is 5.75 Å². The number of aromatic hydroxyl groups is 1. The molecular weight excluding hydrogens is 230 g/mol. The predicted octanol–water partition coefficient (Wildman–Crippen LogP) is 1.76. The standard InChI is InChI=1S/C11H14ClNO3/c1-13(5-6-16-2)11(15)8-3-4-10(14)9(12)7-8/h3-4,7,14H,5-6H2,1-2H3. The van der Waals surface area contributed by atoms with Crippen LogP contribution < -0.4 is 0 Å². The van der Waals surface area contributed by atoms with Crippen LogP contribution in [-0.2, 0) is 4.74 Å². The zero-order valence-corrected chi connectivity index (χ0v) is 9.99. The van der Waals surface area contributed by atoms with Gasteiger partial charge in [-0.05, 0) is 18.2 Å². The van der Waals surface area contributed by atoms with E-state index >= 15 is 0 Å². The number of hydrogen-bond donors (Lipinski definition) is 1. The number of likely N-dealkylation sites (N-methyl/N-ethyl adjacent to an activating group) is 1. The summed E-state index contributed by atoms with van der Waals surface area (Å²) in [4.78, 5) is 13.4. The first-order valence-corrected chi connectivity index (χ1v) is 5.17. The monoisotopic (exact) mass is 243 g/mol. The number of nitrogens with zero attached hydrogens (tertiary/aromatic N) is 1. The summed E-state index contributed by atoms with van der Waals surface area (Å²) in [6.45, 7) is 0.988. The lowest BCUT2D eigenvalue weighted by atomic mass is 10.2. The molecule has 1 N–H and O–H groups in total. The van der Waals surface area contributed by atoms with Gasteiger partial charge in [-0.15, -0.1) is 0 Å². The smallest absolute Gasteiger partial charge is 0.253 e. The number of carbonyl (C=O) groups is 1. The molecular formula is C11H14ClNO3. The van der Waals surface area contributed by atoms with Crippen molar-refractivity contribution in [2.75, 3.05) is 27.3 Å². The van der Waals surface area contributed by atoms with E-state index in [0.29, 0.717) is 18.7 Å². The fraction of sp³-hybridized carbons (Fsp3) is 0.364. The molecule has 5 heteroatoms. The fourth-order valence-corrected chi connectivity index (χ4v) is 1.37. The fourth-order valence-electron chi connectivity index (χ4n) is 1.19. The molecule has 0 spiro atoms. The van der Waals surface area contributed by atoms with Crippen LogP contribution in [0.2, 0.25) is 5.02 Å². The van der Waals surface area contributed by atoms with Gasteiger partial charge in [0.05, 0.1) is 11.6 Å². The lowest BCUT2D eigenvalue weighted by Crippen LogP contribution is -2.29. The summed E-state index contributed by atoms with van der Waals surface area (Å²) in [7, 11) is 3.26. The Morgan fingerprint density at radius 1 is 1.56 bits per heavy atom. The van der Waals surface area contributed by atoms with Crippen LogP contribution in [0.5, 0.6) is 5.75 Å². The molecule has 0 aliphatic rings. The molecule has 0 heterocycles. The number of hydrogen-bond acceptors (Lipinski definition) is 3. The van der Waals surface area contributed by atoms with E-state index in [1.807, 2.05) is 0 Å². The molecule has 0 saturated heterocycles. The number of ether oxygens (including phenoxy) is 1. The first kappa shape index (κ1) is 12.8. The molecule has 0 unspecified atom stereocenters. The largest absolute Gasteiger partial charge is 0.506 e. The third-order valence-electron chi connectivity index (χ3n) is 2.17. The Morgan fingerprint density at radius 2 is 2.25 bits per heavy atom. The SMILES string of the molecule is COCCN(C)C(=O)c1ccc(O)c(Cl)c1. The zero-order valence-electron chi connectivity index (χ0n) is 9.24. The molecule has 0 atom stereocenters. The van der Waals surface area contributed by atoms with Crippen molar-refractivity contribution in [3.63, 3.8) is 0 Å². The van der Waals surface area contributed by atoms with E-state index in [1.54, 1.807) is 14.2 Å². The van der Waals surface area contributed by atoms with Crippen LogP contribution in [-0.4, -0.2) is 43.2 Å². The van der Waals surface area contributed by atoms with Gasteiger partial charge in [-0.3, -0.25) is 4.79 Å². The lowest BCUT2D eigenvalue weighted by molar-refractivity contribution is 0.0744. The van der Waals surface area contributed by atoms with E-state index in [0.717, 1.165) is 0 Å². The number of methoxy groups -OCH3 is 1. The van der Waals surface area contributed by atoms with Crippen LogP contribution in [0, 0.1) is 0 Å². The summed E-state index contributed by atoms with van der Waals surface area (Å²) >= 11 is 5.72. The number of rotatable bonds is 4. The summed E-state index contributed by atoms with van der Waals surface area (Å²) in [6.07, 6.45) is 0. The molecule has 0 aromatic heterocycles. The van der Waals surface area contributed by atoms with Gasteiger partial charge in [0.25, 0.3) is 5.91 Å². The maximum Gasteiger partial charge on any atom is 0.253 e. The second-order valence-electron chi connectivity index (χ2n) is 3.39. The third-order valence-corrected chi connectivity index (χ3v) is 2.47.